The topological polar surface area (TPSA) is 92.4 Å². The van der Waals surface area contributed by atoms with Gasteiger partial charge in [-0.05, 0) is 45.7 Å². The summed E-state index contributed by atoms with van der Waals surface area (Å²) >= 11 is 0. The fourth-order valence-electron chi connectivity index (χ4n) is 2.91. The van der Waals surface area contributed by atoms with Gasteiger partial charge >= 0.3 is 6.09 Å². The molecule has 1 fully saturated rings. The Kier molecular flexibility index (Phi) is 4.49. The largest absolute Gasteiger partial charge is 0.444 e. The van der Waals surface area contributed by atoms with E-state index in [2.05, 4.69) is 9.97 Å². The van der Waals surface area contributed by atoms with Gasteiger partial charge in [0, 0.05) is 13.1 Å². The lowest BCUT2D eigenvalue weighted by molar-refractivity contribution is 0.0219. The lowest BCUT2D eigenvalue weighted by atomic mass is 10.1. The summed E-state index contributed by atoms with van der Waals surface area (Å²) in [5.74, 6) is 0. The lowest BCUT2D eigenvalue weighted by Gasteiger charge is -2.33. The zero-order valence-electron chi connectivity index (χ0n) is 14.7. The number of aromatic amines is 1. The van der Waals surface area contributed by atoms with E-state index < -0.39 is 26.8 Å². The van der Waals surface area contributed by atoms with Gasteiger partial charge in [-0.3, -0.25) is 0 Å². The summed E-state index contributed by atoms with van der Waals surface area (Å²) in [6.45, 7) is 5.99. The zero-order valence-corrected chi connectivity index (χ0v) is 15.5. The van der Waals surface area contributed by atoms with Gasteiger partial charge in [0.1, 0.15) is 5.60 Å². The number of rotatable bonds is 2. The number of H-pyrrole nitrogens is 1. The molecule has 0 aliphatic carbocycles. The molecule has 7 nitrogen and oxygen atoms in total. The molecule has 0 radical (unpaired) electrons. The van der Waals surface area contributed by atoms with E-state index in [0.717, 1.165) is 0 Å². The molecule has 3 rings (SSSR count). The van der Waals surface area contributed by atoms with Gasteiger partial charge in [-0.25, -0.2) is 18.2 Å². The highest BCUT2D eigenvalue weighted by atomic mass is 32.2. The average molecular weight is 365 g/mol. The quantitative estimate of drug-likeness (QED) is 0.883. The van der Waals surface area contributed by atoms with Crippen molar-refractivity contribution in [2.75, 3.05) is 13.1 Å². The molecule has 1 aliphatic heterocycles. The number of benzene rings is 1. The fraction of sp³-hybridized carbons (Fsp3) is 0.529. The number of carbonyl (C=O) groups is 1. The summed E-state index contributed by atoms with van der Waals surface area (Å²) in [6.07, 6.45) is 0.638. The molecular formula is C17H23N3O4S. The van der Waals surface area contributed by atoms with Crippen LogP contribution >= 0.6 is 0 Å². The van der Waals surface area contributed by atoms with Crippen molar-refractivity contribution in [2.24, 2.45) is 0 Å². The summed E-state index contributed by atoms with van der Waals surface area (Å²) in [4.78, 5) is 20.8. The van der Waals surface area contributed by atoms with Crippen LogP contribution in [0.4, 0.5) is 4.79 Å². The minimum atomic E-state index is -3.65. The normalized spacial score (nSPS) is 19.2. The van der Waals surface area contributed by atoms with E-state index in [9.17, 15) is 13.2 Å². The number of amides is 1. The molecule has 8 heteroatoms. The molecule has 1 saturated heterocycles. The zero-order chi connectivity index (χ0) is 18.2. The molecule has 0 unspecified atom stereocenters. The number of ether oxygens (including phenoxy) is 1. The van der Waals surface area contributed by atoms with Crippen molar-refractivity contribution in [1.29, 1.82) is 0 Å². The van der Waals surface area contributed by atoms with Crippen LogP contribution in [-0.2, 0) is 14.6 Å². The molecule has 1 N–H and O–H groups in total. The van der Waals surface area contributed by atoms with E-state index >= 15 is 0 Å². The van der Waals surface area contributed by atoms with Gasteiger partial charge in [0.05, 0.1) is 16.3 Å². The molecule has 0 saturated carbocycles. The van der Waals surface area contributed by atoms with Crippen LogP contribution in [0.2, 0.25) is 0 Å². The Labute approximate surface area is 147 Å². The molecule has 1 aliphatic rings. The number of imidazole rings is 1. The summed E-state index contributed by atoms with van der Waals surface area (Å²) in [5, 5.41) is -0.723. The fourth-order valence-corrected chi connectivity index (χ4v) is 4.55. The number of para-hydroxylation sites is 2. The summed E-state index contributed by atoms with van der Waals surface area (Å²) in [7, 11) is -3.65. The van der Waals surface area contributed by atoms with Gasteiger partial charge in [0.25, 0.3) is 0 Å². The second kappa shape index (κ2) is 6.33. The highest BCUT2D eigenvalue weighted by Gasteiger charge is 2.36. The van der Waals surface area contributed by atoms with Crippen molar-refractivity contribution in [3.05, 3.63) is 24.3 Å². The Hall–Kier alpha value is -2.09. The Bertz CT molecular complexity index is 850. The molecule has 2 heterocycles. The Morgan fingerprint density at radius 2 is 2.04 bits per heavy atom. The molecule has 0 spiro atoms. The lowest BCUT2D eigenvalue weighted by Crippen LogP contribution is -2.47. The van der Waals surface area contributed by atoms with Crippen LogP contribution in [0.5, 0.6) is 0 Å². The first-order valence-electron chi connectivity index (χ1n) is 8.33. The number of nitrogens with zero attached hydrogens (tertiary/aromatic N) is 2. The van der Waals surface area contributed by atoms with Gasteiger partial charge in [0.2, 0.25) is 15.0 Å². The summed E-state index contributed by atoms with van der Waals surface area (Å²) in [5.41, 5.74) is 0.684. The number of hydrogen-bond acceptors (Lipinski definition) is 5. The van der Waals surface area contributed by atoms with E-state index in [1.54, 1.807) is 32.9 Å². The number of carbonyl (C=O) groups excluding carboxylic acids is 1. The van der Waals surface area contributed by atoms with Gasteiger partial charge in [-0.15, -0.1) is 0 Å². The number of fused-ring (bicyclic) bond motifs is 1. The Morgan fingerprint density at radius 1 is 1.32 bits per heavy atom. The molecule has 0 bridgehead atoms. The predicted octanol–water partition coefficient (Wildman–Crippen LogP) is 2.74. The van der Waals surface area contributed by atoms with Crippen molar-refractivity contribution in [3.63, 3.8) is 0 Å². The summed E-state index contributed by atoms with van der Waals surface area (Å²) < 4.78 is 31.2. The van der Waals surface area contributed by atoms with E-state index in [1.165, 1.54) is 4.90 Å². The predicted molar refractivity (Wildman–Crippen MR) is 94.1 cm³/mol. The number of aromatic nitrogens is 2. The third-order valence-electron chi connectivity index (χ3n) is 4.11. The molecule has 1 atom stereocenters. The second-order valence-electron chi connectivity index (χ2n) is 7.29. The maximum atomic E-state index is 12.9. The van der Waals surface area contributed by atoms with Crippen LogP contribution in [0.3, 0.4) is 0 Å². The molecule has 1 amide bonds. The number of likely N-dealkylation sites (tertiary alicyclic amines) is 1. The van der Waals surface area contributed by atoms with Crippen molar-refractivity contribution in [2.45, 2.75) is 49.6 Å². The monoisotopic (exact) mass is 365 g/mol. The summed E-state index contributed by atoms with van der Waals surface area (Å²) in [6, 6.07) is 7.18. The van der Waals surface area contributed by atoms with Crippen molar-refractivity contribution in [3.8, 4) is 0 Å². The molecule has 1 aromatic carbocycles. The van der Waals surface area contributed by atoms with Gasteiger partial charge in [-0.2, -0.15) is 0 Å². The van der Waals surface area contributed by atoms with Crippen LogP contribution in [0.1, 0.15) is 33.6 Å². The first kappa shape index (κ1) is 17.7. The highest BCUT2D eigenvalue weighted by molar-refractivity contribution is 7.91. The molecule has 25 heavy (non-hydrogen) atoms. The van der Waals surface area contributed by atoms with Gasteiger partial charge in [-0.1, -0.05) is 12.1 Å². The van der Waals surface area contributed by atoms with Crippen LogP contribution < -0.4 is 0 Å². The minimum absolute atomic E-state index is 0.0373. The number of nitrogens with one attached hydrogen (secondary N) is 1. The third-order valence-corrected chi connectivity index (χ3v) is 6.10. The Morgan fingerprint density at radius 3 is 2.72 bits per heavy atom. The van der Waals surface area contributed by atoms with Crippen molar-refractivity contribution >= 4 is 27.0 Å². The highest BCUT2D eigenvalue weighted by Crippen LogP contribution is 2.25. The first-order valence-corrected chi connectivity index (χ1v) is 9.88. The molecular weight excluding hydrogens is 342 g/mol. The standard InChI is InChI=1S/C17H23N3O4S/c1-17(2,3)24-16(21)20-10-6-7-12(11-20)25(22,23)15-18-13-8-4-5-9-14(13)19-15/h4-5,8-9,12H,6-7,10-11H2,1-3H3,(H,18,19)/t12-/m1/s1. The van der Waals surface area contributed by atoms with Crippen LogP contribution in [0, 0.1) is 0 Å². The van der Waals surface area contributed by atoms with Crippen molar-refractivity contribution < 1.29 is 17.9 Å². The molecule has 136 valence electrons. The second-order valence-corrected chi connectivity index (χ2v) is 9.44. The van der Waals surface area contributed by atoms with Crippen LogP contribution in [0.15, 0.2) is 29.4 Å². The maximum absolute atomic E-state index is 12.9. The molecule has 1 aromatic heterocycles. The van der Waals surface area contributed by atoms with Gasteiger partial charge < -0.3 is 14.6 Å². The van der Waals surface area contributed by atoms with Crippen LogP contribution in [0.25, 0.3) is 11.0 Å². The maximum Gasteiger partial charge on any atom is 0.410 e. The van der Waals surface area contributed by atoms with Crippen LogP contribution in [-0.4, -0.2) is 53.3 Å². The first-order chi connectivity index (χ1) is 11.7. The number of sulfone groups is 1. The smallest absolute Gasteiger partial charge is 0.410 e. The van der Waals surface area contributed by atoms with Gasteiger partial charge in [0.15, 0.2) is 0 Å². The van der Waals surface area contributed by atoms with E-state index in [1.807, 2.05) is 12.1 Å². The van der Waals surface area contributed by atoms with E-state index in [0.29, 0.717) is 30.4 Å². The number of piperidine rings is 1. The Balaban J connectivity index is 1.81. The number of hydrogen-bond donors (Lipinski definition) is 1. The van der Waals surface area contributed by atoms with Crippen molar-refractivity contribution in [1.82, 2.24) is 14.9 Å². The van der Waals surface area contributed by atoms with E-state index in [4.69, 9.17) is 4.74 Å². The third kappa shape index (κ3) is 3.78. The molecule has 2 aromatic rings. The average Bonchev–Trinajstić information content (AvgIpc) is 2.98. The SMILES string of the molecule is CC(C)(C)OC(=O)N1CCC[C@@H](S(=O)(=O)c2nc3ccccc3[nH]2)C1. The van der Waals surface area contributed by atoms with E-state index in [-0.39, 0.29) is 11.7 Å². The minimum Gasteiger partial charge on any atom is -0.444 e.